The summed E-state index contributed by atoms with van der Waals surface area (Å²) in [6, 6.07) is 10.9. The van der Waals surface area contributed by atoms with Crippen LogP contribution in [-0.4, -0.2) is 65.3 Å². The number of aromatic amines is 1. The highest BCUT2D eigenvalue weighted by Gasteiger charge is 2.37. The maximum absolute atomic E-state index is 5.67. The third-order valence-corrected chi connectivity index (χ3v) is 14.2. The Morgan fingerprint density at radius 3 is 1.43 bits per heavy atom. The van der Waals surface area contributed by atoms with E-state index in [1.54, 1.807) is 0 Å². The van der Waals surface area contributed by atoms with Gasteiger partial charge in [0.25, 0.3) is 0 Å². The molecule has 0 radical (unpaired) electrons. The van der Waals surface area contributed by atoms with E-state index in [-0.39, 0.29) is 24.3 Å². The van der Waals surface area contributed by atoms with Gasteiger partial charge < -0.3 is 29.2 Å². The van der Waals surface area contributed by atoms with Crippen molar-refractivity contribution >= 4 is 46.4 Å². The highest BCUT2D eigenvalue weighted by Crippen LogP contribution is 2.48. The molecule has 9 rings (SSSR count). The quantitative estimate of drug-likeness (QED) is 0.0785. The Kier molecular flexibility index (Phi) is 15.6. The zero-order valence-electron chi connectivity index (χ0n) is 41.2. The Morgan fingerprint density at radius 1 is 0.441 bits per heavy atom. The molecule has 4 atom stereocenters. The third kappa shape index (κ3) is 10.4. The fraction of sp³-hybridized carbons (Fsp3) is 0.400. The van der Waals surface area contributed by atoms with Crippen molar-refractivity contribution in [3.63, 3.8) is 0 Å². The van der Waals surface area contributed by atoms with E-state index >= 15 is 0 Å². The first-order valence-electron chi connectivity index (χ1n) is 26.2. The summed E-state index contributed by atoms with van der Waals surface area (Å²) >= 11 is 0. The summed E-state index contributed by atoms with van der Waals surface area (Å²) in [6.45, 7) is 13.1. The van der Waals surface area contributed by atoms with Crippen LogP contribution in [0.3, 0.4) is 0 Å². The minimum absolute atomic E-state index is 0.0214. The molecular weight excluding hydrogens is 833 g/mol. The number of rotatable bonds is 20. The molecule has 3 aromatic rings. The molecule has 0 aliphatic carbocycles. The van der Waals surface area contributed by atoms with Crippen molar-refractivity contribution in [3.8, 4) is 0 Å². The fourth-order valence-corrected chi connectivity index (χ4v) is 10.8. The monoisotopic (exact) mass is 907 g/mol. The average molecular weight is 907 g/mol. The topological polar surface area (TPSA) is 59.5 Å². The maximum atomic E-state index is 5.67. The van der Waals surface area contributed by atoms with Crippen molar-refractivity contribution in [1.82, 2.24) is 39.1 Å². The predicted molar refractivity (Wildman–Crippen MR) is 288 cm³/mol. The van der Waals surface area contributed by atoms with E-state index in [1.165, 1.54) is 79.1 Å². The van der Waals surface area contributed by atoms with Crippen molar-refractivity contribution in [2.24, 2.45) is 0 Å². The van der Waals surface area contributed by atoms with Crippen LogP contribution >= 0.6 is 0 Å². The lowest BCUT2D eigenvalue weighted by atomic mass is 9.89. The first kappa shape index (κ1) is 46.8. The van der Waals surface area contributed by atoms with Gasteiger partial charge in [-0.1, -0.05) is 122 Å². The Labute approximate surface area is 406 Å². The largest absolute Gasteiger partial charge is 0.367 e. The second-order valence-corrected chi connectivity index (χ2v) is 19.1. The van der Waals surface area contributed by atoms with Crippen LogP contribution in [0.5, 0.6) is 0 Å². The van der Waals surface area contributed by atoms with Crippen molar-refractivity contribution in [1.29, 1.82) is 0 Å². The standard InChI is InChI=1S/C60H74N8/c1-5-9-17-35-64-38-21-13-25-52(64)57-51-34-33-49(63-51)44-48-30-29-46(61-48)43-47-31-32-50(62-47)45-55-58(53-26-14-22-39-65(53)36-18-10-6-2)59(54-27-15-23-40-66(54)37-19-11-7-3)60(57)68(55)56-28-16-24-42-67(56)41-20-12-8-4/h13-16,21-34,38-40,42-45,52-54,56,61H,5-12,17-20,35-37,41H2,1-4H3. The number of fused-ring (bicyclic) bond motifs is 8. The minimum atomic E-state index is -0.109. The normalized spacial score (nSPS) is 20.3. The molecule has 8 heteroatoms. The second kappa shape index (κ2) is 22.7. The van der Waals surface area contributed by atoms with Gasteiger partial charge in [-0.25, -0.2) is 9.97 Å². The van der Waals surface area contributed by atoms with Gasteiger partial charge in [-0.05, 0) is 129 Å². The van der Waals surface area contributed by atoms with Crippen molar-refractivity contribution in [2.75, 3.05) is 26.2 Å². The van der Waals surface area contributed by atoms with Gasteiger partial charge in [0.2, 0.25) is 0 Å². The van der Waals surface area contributed by atoms with E-state index in [0.29, 0.717) is 0 Å². The summed E-state index contributed by atoms with van der Waals surface area (Å²) in [4.78, 5) is 25.1. The van der Waals surface area contributed by atoms with Gasteiger partial charge in [-0.3, -0.25) is 0 Å². The molecule has 8 nitrogen and oxygen atoms in total. The van der Waals surface area contributed by atoms with Crippen molar-refractivity contribution < 1.29 is 0 Å². The summed E-state index contributed by atoms with van der Waals surface area (Å²) in [5.41, 5.74) is 12.3. The lowest BCUT2D eigenvalue weighted by molar-refractivity contribution is 0.252. The van der Waals surface area contributed by atoms with Gasteiger partial charge >= 0.3 is 0 Å². The second-order valence-electron chi connectivity index (χ2n) is 19.1. The summed E-state index contributed by atoms with van der Waals surface area (Å²) in [7, 11) is 0. The van der Waals surface area contributed by atoms with Crippen LogP contribution in [-0.2, 0) is 0 Å². The number of unbranched alkanes of at least 4 members (excludes halogenated alkanes) is 8. The van der Waals surface area contributed by atoms with Gasteiger partial charge in [0.15, 0.2) is 0 Å². The molecule has 0 saturated heterocycles. The van der Waals surface area contributed by atoms with Gasteiger partial charge in [0, 0.05) is 60.1 Å². The molecule has 0 saturated carbocycles. The number of hydrogen-bond donors (Lipinski definition) is 1. The molecule has 0 spiro atoms. The number of hydrogen-bond acceptors (Lipinski definition) is 6. The van der Waals surface area contributed by atoms with E-state index in [1.807, 2.05) is 0 Å². The third-order valence-electron chi connectivity index (χ3n) is 14.2. The first-order chi connectivity index (χ1) is 33.6. The summed E-state index contributed by atoms with van der Waals surface area (Å²) in [5, 5.41) is 0. The Balaban J connectivity index is 1.49. The van der Waals surface area contributed by atoms with Crippen LogP contribution in [0.4, 0.5) is 0 Å². The number of nitrogens with one attached hydrogen (secondary N) is 1. The first-order valence-corrected chi connectivity index (χ1v) is 26.2. The van der Waals surface area contributed by atoms with Crippen LogP contribution in [0.25, 0.3) is 46.4 Å². The van der Waals surface area contributed by atoms with Gasteiger partial charge in [-0.2, -0.15) is 0 Å². The number of aromatic nitrogens is 4. The molecule has 68 heavy (non-hydrogen) atoms. The number of nitrogens with zero attached hydrogens (tertiary/aromatic N) is 7. The molecule has 1 N–H and O–H groups in total. The molecular formula is C60H74N8. The molecule has 9 heterocycles. The smallest absolute Gasteiger partial charge is 0.125 e. The molecule has 4 unspecified atom stereocenters. The molecule has 8 bridgehead atoms. The highest BCUT2D eigenvalue weighted by atomic mass is 15.3. The van der Waals surface area contributed by atoms with E-state index < -0.39 is 0 Å². The Hall–Kier alpha value is -6.28. The number of allylic oxidation sites excluding steroid dienone is 8. The molecule has 0 aromatic carbocycles. The van der Waals surface area contributed by atoms with E-state index in [4.69, 9.17) is 9.97 Å². The van der Waals surface area contributed by atoms with Crippen LogP contribution < -0.4 is 0 Å². The SMILES string of the molecule is CCCCCN1C=CC=CC1c1c(C2C=CC=CN2CCCCC)c2c(C3C=CC=CN3CCCCC)c3nc(cc4ccc(cc5nc(cc1n2C1C=CC=CN1CCCCC)C=C5)[nH]4)C=C3. The fourth-order valence-electron chi connectivity index (χ4n) is 10.8. The summed E-state index contributed by atoms with van der Waals surface area (Å²) in [6.07, 6.45) is 60.0. The van der Waals surface area contributed by atoms with Crippen LogP contribution in [0, 0.1) is 0 Å². The van der Waals surface area contributed by atoms with Crippen LogP contribution in [0.1, 0.15) is 169 Å². The summed E-state index contributed by atoms with van der Waals surface area (Å²) < 4.78 is 2.74. The van der Waals surface area contributed by atoms with E-state index in [0.717, 1.165) is 85.7 Å². The average Bonchev–Trinajstić information content (AvgIpc) is 4.18. The van der Waals surface area contributed by atoms with Gasteiger partial charge in [0.05, 0.1) is 51.9 Å². The molecule has 354 valence electrons. The summed E-state index contributed by atoms with van der Waals surface area (Å²) in [5.74, 6) is 0. The van der Waals surface area contributed by atoms with Gasteiger partial charge in [-0.15, -0.1) is 0 Å². The van der Waals surface area contributed by atoms with Gasteiger partial charge in [0.1, 0.15) is 6.17 Å². The van der Waals surface area contributed by atoms with Crippen LogP contribution in [0.2, 0.25) is 0 Å². The molecule has 6 aliphatic heterocycles. The maximum Gasteiger partial charge on any atom is 0.125 e. The lowest BCUT2D eigenvalue weighted by Gasteiger charge is -2.37. The lowest BCUT2D eigenvalue weighted by Crippen LogP contribution is -2.31. The minimum Gasteiger partial charge on any atom is -0.367 e. The predicted octanol–water partition coefficient (Wildman–Crippen LogP) is 15.1. The zero-order valence-corrected chi connectivity index (χ0v) is 41.2. The highest BCUT2D eigenvalue weighted by molar-refractivity contribution is 5.86. The van der Waals surface area contributed by atoms with Crippen molar-refractivity contribution in [2.45, 2.75) is 129 Å². The van der Waals surface area contributed by atoms with Crippen LogP contribution in [0.15, 0.2) is 128 Å². The van der Waals surface area contributed by atoms with Crippen molar-refractivity contribution in [3.05, 3.63) is 168 Å². The van der Waals surface area contributed by atoms with E-state index in [2.05, 4.69) is 209 Å². The zero-order chi connectivity index (χ0) is 46.7. The molecule has 3 aromatic heterocycles. The Bertz CT molecular complexity index is 2710. The molecule has 0 amide bonds. The Morgan fingerprint density at radius 2 is 0.882 bits per heavy atom. The molecule has 6 aliphatic rings. The number of H-pyrrole nitrogens is 1. The molecule has 0 fully saturated rings. The van der Waals surface area contributed by atoms with E-state index in [9.17, 15) is 0 Å².